The van der Waals surface area contributed by atoms with Gasteiger partial charge in [-0.05, 0) is 55.8 Å². The van der Waals surface area contributed by atoms with E-state index in [1.807, 2.05) is 50.2 Å². The van der Waals surface area contributed by atoms with Crippen LogP contribution in [0, 0.1) is 10.1 Å². The molecule has 0 spiro atoms. The second-order valence-corrected chi connectivity index (χ2v) is 11.8. The van der Waals surface area contributed by atoms with Crippen LogP contribution in [0.5, 0.6) is 11.5 Å². The molecule has 1 aliphatic rings. The smallest absolute Gasteiger partial charge is 0.273 e. The number of hydrogen-bond acceptors (Lipinski definition) is 9. The van der Waals surface area contributed by atoms with Gasteiger partial charge in [0.1, 0.15) is 29.1 Å². The highest BCUT2D eigenvalue weighted by Gasteiger charge is 2.36. The summed E-state index contributed by atoms with van der Waals surface area (Å²) in [6, 6.07) is 18.5. The molecule has 2 aromatic heterocycles. The minimum Gasteiger partial charge on any atom is -0.496 e. The van der Waals surface area contributed by atoms with E-state index in [0.29, 0.717) is 62.1 Å². The number of ether oxygens (including phenoxy) is 2. The third-order valence-corrected chi connectivity index (χ3v) is 9.27. The van der Waals surface area contributed by atoms with Crippen LogP contribution in [0.1, 0.15) is 38.1 Å². The molecule has 0 unspecified atom stereocenters. The molecule has 47 heavy (non-hydrogen) atoms. The molecule has 1 aliphatic heterocycles. The van der Waals surface area contributed by atoms with Gasteiger partial charge in [0.2, 0.25) is 0 Å². The van der Waals surface area contributed by atoms with Crippen LogP contribution in [0.2, 0.25) is 0 Å². The van der Waals surface area contributed by atoms with E-state index in [0.717, 1.165) is 10.8 Å². The number of aromatic nitrogens is 1. The van der Waals surface area contributed by atoms with E-state index in [2.05, 4.69) is 0 Å². The number of amides is 1. The van der Waals surface area contributed by atoms with Gasteiger partial charge in [0, 0.05) is 30.8 Å². The summed E-state index contributed by atoms with van der Waals surface area (Å²) >= 11 is 1.20. The molecule has 0 N–H and O–H groups in total. The Labute approximate surface area is 273 Å². The normalized spacial score (nSPS) is 14.6. The molecular formula is C35H32N4O7S. The lowest BCUT2D eigenvalue weighted by Crippen LogP contribution is -2.43. The molecule has 0 saturated heterocycles. The van der Waals surface area contributed by atoms with Crippen LogP contribution in [0.3, 0.4) is 0 Å². The number of carbonyl (C=O) groups excluding carboxylic acids is 1. The lowest BCUT2D eigenvalue weighted by molar-refractivity contribution is -0.384. The molecule has 240 valence electrons. The first kappa shape index (κ1) is 31.5. The fourth-order valence-electron chi connectivity index (χ4n) is 5.99. The standard InChI is InChI=1S/C35H32N4O7S/c1-6-37(7-2)34(41)30-20(3)36-35-38(32(30)31-24-11-9-8-10-21(24)12-16-27(31)44-4)33(40)29(47-35)19-23-14-17-26(46-23)25-15-13-22(39(42)43)18-28(25)45-5/h8-19,32H,6-7H2,1-5H3/b29-19+/t32-/m0/s1. The van der Waals surface area contributed by atoms with Crippen LogP contribution in [-0.4, -0.2) is 47.6 Å². The number of carbonyl (C=O) groups is 1. The summed E-state index contributed by atoms with van der Waals surface area (Å²) in [5, 5.41) is 13.1. The van der Waals surface area contributed by atoms with Gasteiger partial charge in [-0.15, -0.1) is 0 Å². The Balaban J connectivity index is 1.55. The molecule has 0 bridgehead atoms. The van der Waals surface area contributed by atoms with Gasteiger partial charge in [0.15, 0.2) is 4.80 Å². The summed E-state index contributed by atoms with van der Waals surface area (Å²) in [5.41, 5.74) is 1.72. The van der Waals surface area contributed by atoms with Gasteiger partial charge in [-0.3, -0.25) is 24.3 Å². The van der Waals surface area contributed by atoms with Crippen LogP contribution < -0.4 is 24.4 Å². The van der Waals surface area contributed by atoms with Crippen molar-refractivity contribution >= 4 is 39.8 Å². The maximum absolute atomic E-state index is 14.4. The van der Waals surface area contributed by atoms with Crippen LogP contribution >= 0.6 is 11.3 Å². The van der Waals surface area contributed by atoms with Crippen molar-refractivity contribution in [1.29, 1.82) is 0 Å². The van der Waals surface area contributed by atoms with Crippen molar-refractivity contribution in [3.8, 4) is 22.8 Å². The third kappa shape index (κ3) is 5.50. The Morgan fingerprint density at radius 1 is 1.06 bits per heavy atom. The van der Waals surface area contributed by atoms with Crippen molar-refractivity contribution in [2.45, 2.75) is 26.8 Å². The zero-order valence-electron chi connectivity index (χ0n) is 26.5. The monoisotopic (exact) mass is 652 g/mol. The summed E-state index contributed by atoms with van der Waals surface area (Å²) in [6.45, 7) is 6.63. The van der Waals surface area contributed by atoms with Crippen LogP contribution in [-0.2, 0) is 4.79 Å². The first-order valence-electron chi connectivity index (χ1n) is 15.0. The number of methoxy groups -OCH3 is 2. The first-order chi connectivity index (χ1) is 22.7. The Morgan fingerprint density at radius 2 is 1.81 bits per heavy atom. The Hall–Kier alpha value is -5.49. The fourth-order valence-corrected chi connectivity index (χ4v) is 7.01. The van der Waals surface area contributed by atoms with Gasteiger partial charge in [-0.25, -0.2) is 4.99 Å². The van der Waals surface area contributed by atoms with Gasteiger partial charge in [-0.1, -0.05) is 41.7 Å². The Morgan fingerprint density at radius 3 is 2.51 bits per heavy atom. The molecule has 3 aromatic carbocycles. The number of hydrogen-bond donors (Lipinski definition) is 0. The topological polar surface area (TPSA) is 129 Å². The quantitative estimate of drug-likeness (QED) is 0.153. The molecule has 0 radical (unpaired) electrons. The van der Waals surface area contributed by atoms with Crippen molar-refractivity contribution in [3.63, 3.8) is 0 Å². The van der Waals surface area contributed by atoms with E-state index in [4.69, 9.17) is 18.9 Å². The number of allylic oxidation sites excluding steroid dienone is 1. The summed E-state index contributed by atoms with van der Waals surface area (Å²) in [5.74, 6) is 1.44. The fraction of sp³-hybridized carbons (Fsp3) is 0.229. The molecule has 12 heteroatoms. The molecule has 6 rings (SSSR count). The molecule has 11 nitrogen and oxygen atoms in total. The number of thiazole rings is 1. The largest absolute Gasteiger partial charge is 0.496 e. The van der Waals surface area contributed by atoms with Gasteiger partial charge >= 0.3 is 0 Å². The van der Waals surface area contributed by atoms with E-state index in [1.54, 1.807) is 47.8 Å². The van der Waals surface area contributed by atoms with Crippen molar-refractivity contribution in [1.82, 2.24) is 9.47 Å². The van der Waals surface area contributed by atoms with Crippen LogP contribution in [0.4, 0.5) is 5.69 Å². The number of furan rings is 1. The molecular weight excluding hydrogens is 620 g/mol. The highest BCUT2D eigenvalue weighted by atomic mass is 32.1. The molecule has 0 aliphatic carbocycles. The van der Waals surface area contributed by atoms with Crippen LogP contribution in [0.15, 0.2) is 92.2 Å². The summed E-state index contributed by atoms with van der Waals surface area (Å²) < 4.78 is 19.3. The number of non-ortho nitro benzene ring substituents is 1. The number of rotatable bonds is 9. The summed E-state index contributed by atoms with van der Waals surface area (Å²) in [6.07, 6.45) is 1.63. The number of nitro benzene ring substituents is 1. The number of likely N-dealkylation sites (N-methyl/N-ethyl adjacent to an activating group) is 1. The van der Waals surface area contributed by atoms with Gasteiger partial charge < -0.3 is 18.8 Å². The second-order valence-electron chi connectivity index (χ2n) is 10.8. The molecule has 5 aromatic rings. The second kappa shape index (κ2) is 12.7. The van der Waals surface area contributed by atoms with Gasteiger partial charge in [0.25, 0.3) is 17.2 Å². The highest BCUT2D eigenvalue weighted by molar-refractivity contribution is 7.07. The average molecular weight is 653 g/mol. The molecule has 1 atom stereocenters. The zero-order chi connectivity index (χ0) is 33.4. The van der Waals surface area contributed by atoms with E-state index < -0.39 is 11.0 Å². The molecule has 0 saturated carbocycles. The van der Waals surface area contributed by atoms with Crippen LogP contribution in [0.25, 0.3) is 28.2 Å². The lowest BCUT2D eigenvalue weighted by atomic mass is 9.90. The number of nitro groups is 1. The first-order valence-corrected chi connectivity index (χ1v) is 15.8. The Kier molecular flexibility index (Phi) is 8.52. The molecule has 0 fully saturated rings. The third-order valence-electron chi connectivity index (χ3n) is 8.29. The Bertz CT molecular complexity index is 2260. The number of fused-ring (bicyclic) bond motifs is 2. The number of nitrogens with zero attached hydrogens (tertiary/aromatic N) is 4. The maximum atomic E-state index is 14.4. The van der Waals surface area contributed by atoms with Crippen molar-refractivity contribution in [2.75, 3.05) is 27.3 Å². The minimum atomic E-state index is -0.806. The van der Waals surface area contributed by atoms with E-state index in [9.17, 15) is 19.7 Å². The SMILES string of the molecule is CCN(CC)C(=O)C1=C(C)N=c2s/c(=C/c3ccc(-c4ccc([N+](=O)[O-])cc4OC)o3)c(=O)n2[C@@H]1c1c(OC)ccc2ccccc12. The van der Waals surface area contributed by atoms with Crippen molar-refractivity contribution in [2.24, 2.45) is 4.99 Å². The summed E-state index contributed by atoms with van der Waals surface area (Å²) in [7, 11) is 3.00. The maximum Gasteiger partial charge on any atom is 0.273 e. The number of benzene rings is 3. The predicted octanol–water partition coefficient (Wildman–Crippen LogP) is 5.44. The average Bonchev–Trinajstić information content (AvgIpc) is 3.67. The van der Waals surface area contributed by atoms with Gasteiger partial charge in [0.05, 0.1) is 46.6 Å². The lowest BCUT2D eigenvalue weighted by Gasteiger charge is -2.30. The predicted molar refractivity (Wildman–Crippen MR) is 180 cm³/mol. The highest BCUT2D eigenvalue weighted by Crippen LogP contribution is 2.41. The van der Waals surface area contributed by atoms with Gasteiger partial charge in [-0.2, -0.15) is 0 Å². The van der Waals surface area contributed by atoms with Crippen molar-refractivity contribution < 1.29 is 23.6 Å². The summed E-state index contributed by atoms with van der Waals surface area (Å²) in [4.78, 5) is 46.2. The molecule has 1 amide bonds. The van der Waals surface area contributed by atoms with E-state index >= 15 is 0 Å². The van der Waals surface area contributed by atoms with E-state index in [1.165, 1.54) is 30.6 Å². The van der Waals surface area contributed by atoms with E-state index in [-0.39, 0.29) is 22.9 Å². The molecule has 3 heterocycles. The minimum absolute atomic E-state index is 0.106. The van der Waals surface area contributed by atoms with Crippen molar-refractivity contribution in [3.05, 3.63) is 119 Å². The zero-order valence-corrected chi connectivity index (χ0v) is 27.3.